The van der Waals surface area contributed by atoms with Crippen LogP contribution in [0.5, 0.6) is 0 Å². The molecule has 5 nitrogen and oxygen atoms in total. The molecule has 76 valence electrons. The molecule has 1 aliphatic heterocycles. The second-order valence-corrected chi connectivity index (χ2v) is 3.38. The van der Waals surface area contributed by atoms with Crippen LogP contribution in [0.1, 0.15) is 13.8 Å². The summed E-state index contributed by atoms with van der Waals surface area (Å²) in [4.78, 5) is 4.28. The van der Waals surface area contributed by atoms with Crippen molar-refractivity contribution in [2.24, 2.45) is 10.9 Å². The van der Waals surface area contributed by atoms with E-state index in [1.165, 1.54) is 0 Å². The molecule has 1 rings (SSSR count). The molecule has 1 aliphatic rings. The van der Waals surface area contributed by atoms with E-state index in [9.17, 15) is 0 Å². The largest absolute Gasteiger partial charge is 0.408 e. The lowest BCUT2D eigenvalue weighted by Crippen LogP contribution is -2.55. The first-order valence-electron chi connectivity index (χ1n) is 4.65. The van der Waals surface area contributed by atoms with Gasteiger partial charge in [-0.25, -0.2) is 0 Å². The molecule has 0 bridgehead atoms. The average Bonchev–Trinajstić information content (AvgIpc) is 2.16. The van der Waals surface area contributed by atoms with Gasteiger partial charge in [-0.2, -0.15) is 0 Å². The number of oxime groups is 1. The lowest BCUT2D eigenvalue weighted by atomic mass is 10.2. The van der Waals surface area contributed by atoms with Crippen LogP contribution < -0.4 is 5.73 Å². The van der Waals surface area contributed by atoms with E-state index in [4.69, 9.17) is 10.9 Å². The van der Waals surface area contributed by atoms with E-state index in [0.29, 0.717) is 6.04 Å². The Morgan fingerprint density at radius 3 is 2.77 bits per heavy atom. The highest BCUT2D eigenvalue weighted by Gasteiger charge is 2.23. The van der Waals surface area contributed by atoms with E-state index in [1.807, 2.05) is 4.90 Å². The monoisotopic (exact) mass is 186 g/mol. The van der Waals surface area contributed by atoms with Gasteiger partial charge in [-0.15, -0.1) is 0 Å². The number of nitrogens with two attached hydrogens (primary N) is 1. The van der Waals surface area contributed by atoms with Gasteiger partial charge >= 0.3 is 0 Å². The topological polar surface area (TPSA) is 65.1 Å². The van der Waals surface area contributed by atoms with Crippen molar-refractivity contribution in [3.8, 4) is 0 Å². The summed E-state index contributed by atoms with van der Waals surface area (Å²) in [5.41, 5.74) is 5.50. The third kappa shape index (κ3) is 2.24. The number of hydrogen-bond donors (Lipinski definition) is 2. The Bertz CT molecular complexity index is 195. The number of likely N-dealkylation sites (N-methyl/N-ethyl adjacent to an activating group) is 1. The van der Waals surface area contributed by atoms with E-state index in [0.717, 1.165) is 26.2 Å². The fraction of sp³-hybridized carbons (Fsp3) is 0.875. The molecular weight excluding hydrogens is 168 g/mol. The summed E-state index contributed by atoms with van der Waals surface area (Å²) < 4.78 is 0. The van der Waals surface area contributed by atoms with E-state index >= 15 is 0 Å². The average molecular weight is 186 g/mol. The van der Waals surface area contributed by atoms with Crippen LogP contribution in [0, 0.1) is 0 Å². The molecule has 0 saturated carbocycles. The Morgan fingerprint density at radius 2 is 2.31 bits per heavy atom. The Morgan fingerprint density at radius 1 is 1.62 bits per heavy atom. The standard InChI is InChI=1S/C8H18N4O/c1-3-11-4-5-12(6-7(11)2)8(9)10-13/h7,13H,3-6H2,1-2H3,(H2,9,10). The molecule has 0 aliphatic carbocycles. The molecule has 1 fully saturated rings. The maximum absolute atomic E-state index is 8.50. The van der Waals surface area contributed by atoms with Crippen molar-refractivity contribution >= 4 is 5.96 Å². The third-order valence-corrected chi connectivity index (χ3v) is 2.60. The van der Waals surface area contributed by atoms with Gasteiger partial charge in [0.15, 0.2) is 0 Å². The maximum atomic E-state index is 8.50. The lowest BCUT2D eigenvalue weighted by Gasteiger charge is -2.39. The van der Waals surface area contributed by atoms with Gasteiger partial charge in [0, 0.05) is 25.7 Å². The summed E-state index contributed by atoms with van der Waals surface area (Å²) in [6.07, 6.45) is 0. The molecule has 1 heterocycles. The first-order chi connectivity index (χ1) is 6.19. The maximum Gasteiger partial charge on any atom is 0.233 e. The first kappa shape index (κ1) is 10.1. The van der Waals surface area contributed by atoms with Crippen LogP contribution in [0.25, 0.3) is 0 Å². The molecule has 1 atom stereocenters. The van der Waals surface area contributed by atoms with Gasteiger partial charge in [0.1, 0.15) is 0 Å². The molecule has 0 amide bonds. The van der Waals surface area contributed by atoms with E-state index in [1.54, 1.807) is 0 Å². The number of guanidine groups is 1. The Balaban J connectivity index is 2.50. The molecule has 0 aromatic rings. The summed E-state index contributed by atoms with van der Waals surface area (Å²) in [6.45, 7) is 8.02. The van der Waals surface area contributed by atoms with Gasteiger partial charge in [-0.1, -0.05) is 12.1 Å². The Kier molecular flexibility index (Phi) is 3.36. The summed E-state index contributed by atoms with van der Waals surface area (Å²) in [5, 5.41) is 11.5. The van der Waals surface area contributed by atoms with E-state index in [2.05, 4.69) is 23.9 Å². The fourth-order valence-electron chi connectivity index (χ4n) is 1.74. The Labute approximate surface area is 78.8 Å². The van der Waals surface area contributed by atoms with Crippen molar-refractivity contribution in [1.82, 2.24) is 9.80 Å². The second-order valence-electron chi connectivity index (χ2n) is 3.38. The van der Waals surface area contributed by atoms with Crippen molar-refractivity contribution in [3.63, 3.8) is 0 Å². The molecule has 0 radical (unpaired) electrons. The van der Waals surface area contributed by atoms with Crippen molar-refractivity contribution in [1.29, 1.82) is 0 Å². The smallest absolute Gasteiger partial charge is 0.233 e. The minimum Gasteiger partial charge on any atom is -0.408 e. The highest BCUT2D eigenvalue weighted by Crippen LogP contribution is 2.07. The zero-order valence-corrected chi connectivity index (χ0v) is 8.27. The van der Waals surface area contributed by atoms with Crippen LogP contribution in [-0.4, -0.2) is 53.2 Å². The SMILES string of the molecule is CCN1CCN(C(N)=NO)CC1C. The van der Waals surface area contributed by atoms with Gasteiger partial charge in [-0.3, -0.25) is 4.90 Å². The van der Waals surface area contributed by atoms with Crippen LogP contribution in [-0.2, 0) is 0 Å². The molecular formula is C8H18N4O. The molecule has 0 spiro atoms. The van der Waals surface area contributed by atoms with Gasteiger partial charge in [0.05, 0.1) is 0 Å². The Hall–Kier alpha value is -0.970. The molecule has 13 heavy (non-hydrogen) atoms. The van der Waals surface area contributed by atoms with Gasteiger partial charge in [0.25, 0.3) is 0 Å². The molecule has 0 aromatic carbocycles. The predicted molar refractivity (Wildman–Crippen MR) is 51.7 cm³/mol. The normalized spacial score (nSPS) is 26.5. The van der Waals surface area contributed by atoms with Crippen LogP contribution in [0.2, 0.25) is 0 Å². The van der Waals surface area contributed by atoms with Crippen LogP contribution in [0.15, 0.2) is 5.16 Å². The summed E-state index contributed by atoms with van der Waals surface area (Å²) in [6, 6.07) is 0.471. The molecule has 3 N–H and O–H groups in total. The van der Waals surface area contributed by atoms with E-state index in [-0.39, 0.29) is 5.96 Å². The first-order valence-corrected chi connectivity index (χ1v) is 4.65. The highest BCUT2D eigenvalue weighted by atomic mass is 16.4. The zero-order chi connectivity index (χ0) is 9.84. The lowest BCUT2D eigenvalue weighted by molar-refractivity contribution is 0.126. The molecule has 1 saturated heterocycles. The fourth-order valence-corrected chi connectivity index (χ4v) is 1.74. The van der Waals surface area contributed by atoms with Crippen LogP contribution >= 0.6 is 0 Å². The summed E-state index contributed by atoms with van der Waals surface area (Å²) in [7, 11) is 0. The summed E-state index contributed by atoms with van der Waals surface area (Å²) in [5.74, 6) is 0.225. The van der Waals surface area contributed by atoms with Gasteiger partial charge in [0.2, 0.25) is 5.96 Å². The number of rotatable bonds is 1. The zero-order valence-electron chi connectivity index (χ0n) is 8.27. The van der Waals surface area contributed by atoms with Gasteiger partial charge in [-0.05, 0) is 13.5 Å². The minimum atomic E-state index is 0.225. The third-order valence-electron chi connectivity index (χ3n) is 2.60. The van der Waals surface area contributed by atoms with Gasteiger partial charge < -0.3 is 15.8 Å². The highest BCUT2D eigenvalue weighted by molar-refractivity contribution is 5.77. The van der Waals surface area contributed by atoms with Crippen LogP contribution in [0.3, 0.4) is 0 Å². The molecule has 1 unspecified atom stereocenters. The van der Waals surface area contributed by atoms with Crippen molar-refractivity contribution < 1.29 is 5.21 Å². The number of piperazine rings is 1. The minimum absolute atomic E-state index is 0.225. The molecule has 5 heteroatoms. The van der Waals surface area contributed by atoms with Crippen LogP contribution in [0.4, 0.5) is 0 Å². The van der Waals surface area contributed by atoms with E-state index < -0.39 is 0 Å². The summed E-state index contributed by atoms with van der Waals surface area (Å²) >= 11 is 0. The predicted octanol–water partition coefficient (Wildman–Crippen LogP) is -0.284. The second kappa shape index (κ2) is 4.32. The van der Waals surface area contributed by atoms with Crippen molar-refractivity contribution in [3.05, 3.63) is 0 Å². The van der Waals surface area contributed by atoms with Crippen molar-refractivity contribution in [2.45, 2.75) is 19.9 Å². The molecule has 0 aromatic heterocycles. The number of hydrogen-bond acceptors (Lipinski definition) is 3. The van der Waals surface area contributed by atoms with Crippen molar-refractivity contribution in [2.75, 3.05) is 26.2 Å². The quantitative estimate of drug-likeness (QED) is 0.256. The number of nitrogens with zero attached hydrogens (tertiary/aromatic N) is 3.